The minimum atomic E-state index is -0.232. The molecule has 0 unspecified atom stereocenters. The van der Waals surface area contributed by atoms with Gasteiger partial charge < -0.3 is 18.9 Å². The first kappa shape index (κ1) is 54.3. The Balaban J connectivity index is 0.944. The predicted molar refractivity (Wildman–Crippen MR) is 388 cm³/mol. The molecule has 4 heterocycles. The lowest BCUT2D eigenvalue weighted by Crippen LogP contribution is -2.61. The number of rotatable bonds is 8. The van der Waals surface area contributed by atoms with Gasteiger partial charge in [0.2, 0.25) is 0 Å². The van der Waals surface area contributed by atoms with Gasteiger partial charge in [0.05, 0.1) is 22.1 Å². The first-order valence-electron chi connectivity index (χ1n) is 32.0. The Hall–Kier alpha value is -10.9. The van der Waals surface area contributed by atoms with E-state index in [4.69, 9.17) is 0 Å². The highest BCUT2D eigenvalue weighted by atomic mass is 15.2. The average molecular weight is 1170 g/mol. The number of para-hydroxylation sites is 3. The number of fused-ring (bicyclic) bond motifs is 10. The molecule has 2 aromatic heterocycles. The Labute approximate surface area is 533 Å². The number of nitrogens with zero attached hydrogens (tertiary/aromatic N) is 4. The highest BCUT2D eigenvalue weighted by Crippen LogP contribution is 2.50. The lowest BCUT2D eigenvalue weighted by atomic mass is 9.33. The van der Waals surface area contributed by atoms with Gasteiger partial charge in [0.25, 0.3) is 6.71 Å². The highest BCUT2D eigenvalue weighted by Gasteiger charge is 2.45. The first-order valence-corrected chi connectivity index (χ1v) is 32.0. The van der Waals surface area contributed by atoms with Crippen molar-refractivity contribution in [3.05, 3.63) is 308 Å². The summed E-state index contributed by atoms with van der Waals surface area (Å²) in [6.45, 7) is 13.9. The largest absolute Gasteiger partial charge is 0.311 e. The van der Waals surface area contributed by atoms with Crippen LogP contribution < -0.4 is 26.2 Å². The second-order valence-electron chi connectivity index (χ2n) is 27.0. The van der Waals surface area contributed by atoms with Gasteiger partial charge in [-0.15, -0.1) is 0 Å². The van der Waals surface area contributed by atoms with E-state index in [0.29, 0.717) is 0 Å². The number of benzene rings is 13. The van der Waals surface area contributed by atoms with Gasteiger partial charge in [-0.3, -0.25) is 0 Å². The van der Waals surface area contributed by atoms with Crippen molar-refractivity contribution in [2.45, 2.75) is 52.4 Å². The molecule has 0 fully saturated rings. The summed E-state index contributed by atoms with van der Waals surface area (Å²) in [4.78, 5) is 5.23. The van der Waals surface area contributed by atoms with Crippen molar-refractivity contribution >= 4 is 101 Å². The molecule has 5 heteroatoms. The van der Waals surface area contributed by atoms with Crippen LogP contribution in [0.2, 0.25) is 0 Å². The maximum Gasteiger partial charge on any atom is 0.252 e. The van der Waals surface area contributed by atoms with Gasteiger partial charge in [-0.05, 0) is 180 Å². The summed E-state index contributed by atoms with van der Waals surface area (Å²) in [6.07, 6.45) is 0. The van der Waals surface area contributed by atoms with Crippen LogP contribution >= 0.6 is 0 Å². The molecule has 0 bridgehead atoms. The molecule has 17 rings (SSSR count). The summed E-state index contributed by atoms with van der Waals surface area (Å²) in [5, 5.41) is 4.94. The molecule has 13 aromatic carbocycles. The van der Waals surface area contributed by atoms with E-state index in [1.807, 2.05) is 0 Å². The van der Waals surface area contributed by atoms with Gasteiger partial charge in [-0.25, -0.2) is 0 Å². The summed E-state index contributed by atoms with van der Waals surface area (Å²) in [5.41, 5.74) is 29.4. The molecule has 15 aromatic rings. The summed E-state index contributed by atoms with van der Waals surface area (Å²) in [7, 11) is 0. The van der Waals surface area contributed by atoms with E-state index in [2.05, 4.69) is 358 Å². The van der Waals surface area contributed by atoms with Crippen LogP contribution in [0.15, 0.2) is 297 Å². The summed E-state index contributed by atoms with van der Waals surface area (Å²) < 4.78 is 4.94. The second-order valence-corrected chi connectivity index (χ2v) is 27.0. The Morgan fingerprint density at radius 1 is 0.242 bits per heavy atom. The molecule has 2 aliphatic rings. The standard InChI is InChI=1S/C86H67BN4/c1-85(2,3)64-32-22-30-59(47-64)61-40-43-74-80(51-61)91(69-49-62(57-26-12-8-13-27-57)46-63(50-69)58-28-14-9-15-29-58)83-53-65(86(4,5)6)52-82-84(83)87(74)75-44-41-68(55-81(75)90(82)66-33-23-31-60(48-66)56-24-10-7-11-25-56)89-78-39-21-18-36-72(78)73-54-67(42-45-79(73)89)88-76-37-19-16-34-70(76)71-35-17-20-38-77(71)88/h7-55H,1-6H3. The fraction of sp³-hybridized carbons (Fsp3) is 0.0930. The van der Waals surface area contributed by atoms with E-state index in [-0.39, 0.29) is 17.5 Å². The number of anilines is 6. The van der Waals surface area contributed by atoms with Crippen LogP contribution in [0.25, 0.3) is 99.5 Å². The molecule has 0 atom stereocenters. The third kappa shape index (κ3) is 8.97. The SMILES string of the molecule is CC(C)(C)c1cccc(-c2ccc3c(c2)N(c2cc(-c4ccccc4)cc(-c4ccccc4)c2)c2cc(C(C)(C)C)cc4c2B3c2ccc(-n3c5ccccc5c5cc(-n6c7ccccc7c7ccccc76)ccc53)cc2N4c2cccc(-c3ccccc3)c2)c1. The van der Waals surface area contributed by atoms with Gasteiger partial charge in [-0.2, -0.15) is 0 Å². The zero-order chi connectivity index (χ0) is 61.3. The molecule has 434 valence electrons. The van der Waals surface area contributed by atoms with Crippen LogP contribution in [-0.2, 0) is 10.8 Å². The molecule has 0 radical (unpaired) electrons. The molecular weight excluding hydrogens is 1100 g/mol. The van der Waals surface area contributed by atoms with Crippen molar-refractivity contribution in [3.63, 3.8) is 0 Å². The van der Waals surface area contributed by atoms with Crippen LogP contribution in [-0.4, -0.2) is 15.8 Å². The molecule has 0 N–H and O–H groups in total. The second kappa shape index (κ2) is 20.9. The van der Waals surface area contributed by atoms with Crippen molar-refractivity contribution < 1.29 is 0 Å². The lowest BCUT2D eigenvalue weighted by Gasteiger charge is -2.45. The maximum absolute atomic E-state index is 2.62. The highest BCUT2D eigenvalue weighted by molar-refractivity contribution is 7.00. The Bertz CT molecular complexity index is 5280. The number of hydrogen-bond donors (Lipinski definition) is 0. The fourth-order valence-corrected chi connectivity index (χ4v) is 14.8. The topological polar surface area (TPSA) is 16.3 Å². The van der Waals surface area contributed by atoms with Crippen molar-refractivity contribution in [2.75, 3.05) is 9.80 Å². The van der Waals surface area contributed by atoms with Gasteiger partial charge >= 0.3 is 0 Å². The zero-order valence-corrected chi connectivity index (χ0v) is 52.2. The van der Waals surface area contributed by atoms with Crippen LogP contribution in [0.3, 0.4) is 0 Å². The maximum atomic E-state index is 2.62. The summed E-state index contributed by atoms with van der Waals surface area (Å²) >= 11 is 0. The Morgan fingerprint density at radius 2 is 0.659 bits per heavy atom. The van der Waals surface area contributed by atoms with Crippen LogP contribution in [0.4, 0.5) is 34.1 Å². The molecule has 4 nitrogen and oxygen atoms in total. The van der Waals surface area contributed by atoms with Crippen LogP contribution in [0.1, 0.15) is 52.7 Å². The first-order chi connectivity index (χ1) is 44.4. The molecule has 0 amide bonds. The van der Waals surface area contributed by atoms with Crippen molar-refractivity contribution in [2.24, 2.45) is 0 Å². The quantitative estimate of drug-likeness (QED) is 0.141. The van der Waals surface area contributed by atoms with E-state index in [1.165, 1.54) is 122 Å². The number of aromatic nitrogens is 2. The molecular formula is C86H67BN4. The summed E-state index contributed by atoms with van der Waals surface area (Å²) in [6, 6.07) is 112. The fourth-order valence-electron chi connectivity index (χ4n) is 14.8. The minimum absolute atomic E-state index is 0.0204. The lowest BCUT2D eigenvalue weighted by molar-refractivity contribution is 0.590. The van der Waals surface area contributed by atoms with E-state index in [9.17, 15) is 0 Å². The number of hydrogen-bond acceptors (Lipinski definition) is 2. The van der Waals surface area contributed by atoms with Crippen molar-refractivity contribution in [1.82, 2.24) is 9.13 Å². The third-order valence-corrected chi connectivity index (χ3v) is 19.3. The zero-order valence-electron chi connectivity index (χ0n) is 52.2. The third-order valence-electron chi connectivity index (χ3n) is 19.3. The van der Waals surface area contributed by atoms with E-state index in [1.54, 1.807) is 0 Å². The monoisotopic (exact) mass is 1170 g/mol. The smallest absolute Gasteiger partial charge is 0.252 e. The van der Waals surface area contributed by atoms with Crippen LogP contribution in [0, 0.1) is 0 Å². The molecule has 91 heavy (non-hydrogen) atoms. The van der Waals surface area contributed by atoms with Crippen molar-refractivity contribution in [1.29, 1.82) is 0 Å². The minimum Gasteiger partial charge on any atom is -0.311 e. The Kier molecular flexibility index (Phi) is 12.5. The van der Waals surface area contributed by atoms with Gasteiger partial charge in [0.1, 0.15) is 0 Å². The summed E-state index contributed by atoms with van der Waals surface area (Å²) in [5.74, 6) is 0. The van der Waals surface area contributed by atoms with Gasteiger partial charge in [-0.1, -0.05) is 242 Å². The van der Waals surface area contributed by atoms with Gasteiger partial charge in [0.15, 0.2) is 0 Å². The molecule has 0 spiro atoms. The average Bonchev–Trinajstić information content (AvgIpc) is 0.910. The van der Waals surface area contributed by atoms with Gasteiger partial charge in [0, 0.05) is 67.0 Å². The molecule has 0 aliphatic carbocycles. The van der Waals surface area contributed by atoms with E-state index in [0.717, 1.165) is 39.5 Å². The molecule has 0 saturated carbocycles. The molecule has 0 saturated heterocycles. The Morgan fingerprint density at radius 3 is 1.23 bits per heavy atom. The molecule has 2 aliphatic heterocycles. The van der Waals surface area contributed by atoms with E-state index < -0.39 is 0 Å². The predicted octanol–water partition coefficient (Wildman–Crippen LogP) is 21.2. The van der Waals surface area contributed by atoms with Crippen LogP contribution in [0.5, 0.6) is 0 Å². The van der Waals surface area contributed by atoms with E-state index >= 15 is 0 Å². The van der Waals surface area contributed by atoms with Crippen molar-refractivity contribution in [3.8, 4) is 55.9 Å². The normalized spacial score (nSPS) is 12.9.